The Morgan fingerprint density at radius 1 is 1.50 bits per heavy atom. The summed E-state index contributed by atoms with van der Waals surface area (Å²) in [6.45, 7) is 3.94. The molecule has 0 radical (unpaired) electrons. The zero-order valence-corrected chi connectivity index (χ0v) is 7.58. The lowest BCUT2D eigenvalue weighted by atomic mass is 10.00. The SMILES string of the molecule is CC(C)NC(=O)C1C=CC=CC1. The first-order valence-electron chi connectivity index (χ1n) is 4.34. The number of rotatable bonds is 2. The highest BCUT2D eigenvalue weighted by Crippen LogP contribution is 2.11. The van der Waals surface area contributed by atoms with E-state index >= 15 is 0 Å². The molecule has 2 nitrogen and oxygen atoms in total. The third kappa shape index (κ3) is 2.53. The number of carbonyl (C=O) groups excluding carboxylic acids is 1. The van der Waals surface area contributed by atoms with E-state index in [0.717, 1.165) is 6.42 Å². The van der Waals surface area contributed by atoms with Crippen molar-refractivity contribution in [1.82, 2.24) is 5.32 Å². The fourth-order valence-corrected chi connectivity index (χ4v) is 1.17. The second kappa shape index (κ2) is 4.10. The first-order valence-corrected chi connectivity index (χ1v) is 4.34. The molecule has 1 N–H and O–H groups in total. The fourth-order valence-electron chi connectivity index (χ4n) is 1.17. The minimum Gasteiger partial charge on any atom is -0.353 e. The molecule has 0 aliphatic heterocycles. The molecule has 0 aromatic heterocycles. The molecule has 0 spiro atoms. The van der Waals surface area contributed by atoms with Crippen molar-refractivity contribution in [2.75, 3.05) is 0 Å². The number of amides is 1. The van der Waals surface area contributed by atoms with Crippen LogP contribution < -0.4 is 5.32 Å². The summed E-state index contributed by atoms with van der Waals surface area (Å²) < 4.78 is 0. The lowest BCUT2D eigenvalue weighted by molar-refractivity contribution is -0.124. The molecule has 0 saturated carbocycles. The van der Waals surface area contributed by atoms with Gasteiger partial charge < -0.3 is 5.32 Å². The van der Waals surface area contributed by atoms with E-state index in [2.05, 4.69) is 5.32 Å². The number of carbonyl (C=O) groups is 1. The van der Waals surface area contributed by atoms with Crippen molar-refractivity contribution in [3.8, 4) is 0 Å². The van der Waals surface area contributed by atoms with Crippen molar-refractivity contribution in [2.24, 2.45) is 5.92 Å². The molecule has 12 heavy (non-hydrogen) atoms. The summed E-state index contributed by atoms with van der Waals surface area (Å²) in [4.78, 5) is 11.4. The molecule has 0 aromatic carbocycles. The maximum Gasteiger partial charge on any atom is 0.227 e. The van der Waals surface area contributed by atoms with Crippen molar-refractivity contribution in [2.45, 2.75) is 26.3 Å². The molecular weight excluding hydrogens is 150 g/mol. The Bertz CT molecular complexity index is 216. The van der Waals surface area contributed by atoms with E-state index in [1.165, 1.54) is 0 Å². The summed E-state index contributed by atoms with van der Waals surface area (Å²) in [5.41, 5.74) is 0. The van der Waals surface area contributed by atoms with E-state index in [9.17, 15) is 4.79 Å². The second-order valence-corrected chi connectivity index (χ2v) is 3.32. The summed E-state index contributed by atoms with van der Waals surface area (Å²) in [5, 5.41) is 2.89. The van der Waals surface area contributed by atoms with Crippen LogP contribution in [0.25, 0.3) is 0 Å². The maximum atomic E-state index is 11.4. The van der Waals surface area contributed by atoms with Gasteiger partial charge in [-0.25, -0.2) is 0 Å². The van der Waals surface area contributed by atoms with E-state index in [4.69, 9.17) is 0 Å². The average molecular weight is 165 g/mol. The Morgan fingerprint density at radius 2 is 2.25 bits per heavy atom. The highest BCUT2D eigenvalue weighted by molar-refractivity contribution is 5.81. The average Bonchev–Trinajstić information content (AvgIpc) is 2.05. The zero-order valence-electron chi connectivity index (χ0n) is 7.58. The molecule has 0 heterocycles. The largest absolute Gasteiger partial charge is 0.353 e. The normalized spacial score (nSPS) is 21.4. The van der Waals surface area contributed by atoms with E-state index < -0.39 is 0 Å². The molecule has 2 heteroatoms. The summed E-state index contributed by atoms with van der Waals surface area (Å²) in [6.07, 6.45) is 8.69. The summed E-state index contributed by atoms with van der Waals surface area (Å²) >= 11 is 0. The first-order chi connectivity index (χ1) is 5.70. The van der Waals surface area contributed by atoms with Crippen LogP contribution in [0, 0.1) is 5.92 Å². The molecule has 0 bridgehead atoms. The van der Waals surface area contributed by atoms with Gasteiger partial charge in [0.15, 0.2) is 0 Å². The van der Waals surface area contributed by atoms with Crippen molar-refractivity contribution in [3.63, 3.8) is 0 Å². The molecule has 1 amide bonds. The Balaban J connectivity index is 2.42. The predicted octanol–water partition coefficient (Wildman–Crippen LogP) is 1.64. The molecule has 66 valence electrons. The van der Waals surface area contributed by atoms with Gasteiger partial charge >= 0.3 is 0 Å². The molecule has 0 aromatic rings. The highest BCUT2D eigenvalue weighted by atomic mass is 16.1. The molecule has 0 fully saturated rings. The summed E-state index contributed by atoms with van der Waals surface area (Å²) in [5.74, 6) is 0.169. The third-order valence-corrected chi connectivity index (χ3v) is 1.75. The van der Waals surface area contributed by atoms with E-state index in [0.29, 0.717) is 0 Å². The minimum absolute atomic E-state index is 0.0393. The van der Waals surface area contributed by atoms with Crippen LogP contribution in [0.1, 0.15) is 20.3 Å². The topological polar surface area (TPSA) is 29.1 Å². The van der Waals surface area contributed by atoms with Crippen LogP contribution in [-0.4, -0.2) is 11.9 Å². The van der Waals surface area contributed by atoms with Crippen molar-refractivity contribution >= 4 is 5.91 Å². The number of allylic oxidation sites excluding steroid dienone is 3. The number of hydrogen-bond acceptors (Lipinski definition) is 1. The Morgan fingerprint density at radius 3 is 2.75 bits per heavy atom. The van der Waals surface area contributed by atoms with E-state index in [1.807, 2.05) is 38.2 Å². The lowest BCUT2D eigenvalue weighted by Crippen LogP contribution is -2.35. The van der Waals surface area contributed by atoms with Crippen LogP contribution in [0.5, 0.6) is 0 Å². The standard InChI is InChI=1S/C10H15NO/c1-8(2)11-10(12)9-6-4-3-5-7-9/h3-6,8-9H,7H2,1-2H3,(H,11,12). The van der Waals surface area contributed by atoms with Crippen molar-refractivity contribution < 1.29 is 4.79 Å². The van der Waals surface area contributed by atoms with Crippen molar-refractivity contribution in [1.29, 1.82) is 0 Å². The first kappa shape index (κ1) is 9.04. The monoisotopic (exact) mass is 165 g/mol. The van der Waals surface area contributed by atoms with Gasteiger partial charge in [0, 0.05) is 6.04 Å². The molecule has 1 aliphatic rings. The quantitative estimate of drug-likeness (QED) is 0.662. The van der Waals surface area contributed by atoms with Gasteiger partial charge in [0.2, 0.25) is 5.91 Å². The van der Waals surface area contributed by atoms with Gasteiger partial charge in [-0.15, -0.1) is 0 Å². The van der Waals surface area contributed by atoms with Crippen LogP contribution in [0.15, 0.2) is 24.3 Å². The van der Waals surface area contributed by atoms with E-state index in [1.54, 1.807) is 0 Å². The van der Waals surface area contributed by atoms with Crippen LogP contribution in [0.4, 0.5) is 0 Å². The predicted molar refractivity (Wildman–Crippen MR) is 49.7 cm³/mol. The Labute approximate surface area is 73.4 Å². The van der Waals surface area contributed by atoms with Crippen LogP contribution in [-0.2, 0) is 4.79 Å². The van der Waals surface area contributed by atoms with Gasteiger partial charge in [0.25, 0.3) is 0 Å². The maximum absolute atomic E-state index is 11.4. The van der Waals surface area contributed by atoms with Gasteiger partial charge in [0.05, 0.1) is 5.92 Å². The fraction of sp³-hybridized carbons (Fsp3) is 0.500. The molecule has 0 saturated heterocycles. The molecular formula is C10H15NO. The minimum atomic E-state index is 0.0393. The number of hydrogen-bond donors (Lipinski definition) is 1. The highest BCUT2D eigenvalue weighted by Gasteiger charge is 2.15. The molecule has 1 aliphatic carbocycles. The third-order valence-electron chi connectivity index (χ3n) is 1.75. The van der Waals surface area contributed by atoms with Crippen molar-refractivity contribution in [3.05, 3.63) is 24.3 Å². The summed E-state index contributed by atoms with van der Waals surface area (Å²) in [7, 11) is 0. The van der Waals surface area contributed by atoms with E-state index in [-0.39, 0.29) is 17.9 Å². The second-order valence-electron chi connectivity index (χ2n) is 3.32. The van der Waals surface area contributed by atoms with Gasteiger partial charge in [0.1, 0.15) is 0 Å². The van der Waals surface area contributed by atoms with Gasteiger partial charge in [-0.1, -0.05) is 24.3 Å². The van der Waals surface area contributed by atoms with Crippen LogP contribution in [0.2, 0.25) is 0 Å². The van der Waals surface area contributed by atoms with Gasteiger partial charge in [-0.2, -0.15) is 0 Å². The van der Waals surface area contributed by atoms with Crippen LogP contribution >= 0.6 is 0 Å². The Kier molecular flexibility index (Phi) is 3.09. The van der Waals surface area contributed by atoms with Gasteiger partial charge in [-0.05, 0) is 20.3 Å². The van der Waals surface area contributed by atoms with Gasteiger partial charge in [-0.3, -0.25) is 4.79 Å². The number of nitrogens with one attached hydrogen (secondary N) is 1. The molecule has 1 unspecified atom stereocenters. The zero-order chi connectivity index (χ0) is 8.97. The molecule has 1 rings (SSSR count). The lowest BCUT2D eigenvalue weighted by Gasteiger charge is -2.15. The molecule has 1 atom stereocenters. The van der Waals surface area contributed by atoms with Crippen LogP contribution in [0.3, 0.4) is 0 Å². The summed E-state index contributed by atoms with van der Waals surface area (Å²) in [6, 6.07) is 0.233. The Hall–Kier alpha value is -1.05. The smallest absolute Gasteiger partial charge is 0.227 e.